The summed E-state index contributed by atoms with van der Waals surface area (Å²) >= 11 is 0. The molecule has 0 spiro atoms. The molecule has 1 fully saturated rings. The van der Waals surface area contributed by atoms with Gasteiger partial charge in [-0.3, -0.25) is 4.79 Å². The maximum absolute atomic E-state index is 13.6. The van der Waals surface area contributed by atoms with Crippen molar-refractivity contribution in [1.29, 1.82) is 0 Å². The fourth-order valence-corrected chi connectivity index (χ4v) is 1.79. The van der Waals surface area contributed by atoms with Gasteiger partial charge in [-0.1, -0.05) is 6.07 Å². The molecule has 18 heavy (non-hydrogen) atoms. The SMILES string of the molecule is O=C1COC(c2c(F)cccc2C(F)(F)F)CN1. The third kappa shape index (κ3) is 2.45. The molecule has 1 amide bonds. The van der Waals surface area contributed by atoms with Crippen LogP contribution in [0.25, 0.3) is 0 Å². The van der Waals surface area contributed by atoms with E-state index in [4.69, 9.17) is 4.74 Å². The lowest BCUT2D eigenvalue weighted by molar-refractivity contribution is -0.141. The molecule has 0 aliphatic carbocycles. The Balaban J connectivity index is 2.40. The van der Waals surface area contributed by atoms with Crippen molar-refractivity contribution in [2.75, 3.05) is 13.2 Å². The van der Waals surface area contributed by atoms with Crippen LogP contribution in [-0.2, 0) is 15.7 Å². The van der Waals surface area contributed by atoms with Gasteiger partial charge in [0.2, 0.25) is 5.91 Å². The topological polar surface area (TPSA) is 38.3 Å². The van der Waals surface area contributed by atoms with Crippen LogP contribution in [0.1, 0.15) is 17.2 Å². The van der Waals surface area contributed by atoms with Gasteiger partial charge in [-0.05, 0) is 12.1 Å². The summed E-state index contributed by atoms with van der Waals surface area (Å²) in [5.41, 5.74) is -1.64. The minimum atomic E-state index is -4.66. The Morgan fingerprint density at radius 1 is 1.33 bits per heavy atom. The second-order valence-corrected chi connectivity index (χ2v) is 3.80. The van der Waals surface area contributed by atoms with E-state index < -0.39 is 35.1 Å². The van der Waals surface area contributed by atoms with Crippen molar-refractivity contribution < 1.29 is 27.1 Å². The number of ether oxygens (including phenoxy) is 1. The second-order valence-electron chi connectivity index (χ2n) is 3.80. The lowest BCUT2D eigenvalue weighted by Gasteiger charge is -2.26. The van der Waals surface area contributed by atoms with Crippen LogP contribution < -0.4 is 5.32 Å². The summed E-state index contributed by atoms with van der Waals surface area (Å²) in [5.74, 6) is -1.43. The predicted octanol–water partition coefficient (Wildman–Crippen LogP) is 2.03. The zero-order valence-electron chi connectivity index (χ0n) is 9.05. The molecule has 1 aliphatic heterocycles. The van der Waals surface area contributed by atoms with E-state index in [1.165, 1.54) is 0 Å². The van der Waals surface area contributed by atoms with E-state index in [9.17, 15) is 22.4 Å². The van der Waals surface area contributed by atoms with Crippen LogP contribution in [0.15, 0.2) is 18.2 Å². The van der Waals surface area contributed by atoms with E-state index in [0.717, 1.165) is 18.2 Å². The van der Waals surface area contributed by atoms with E-state index in [2.05, 4.69) is 5.32 Å². The highest BCUT2D eigenvalue weighted by atomic mass is 19.4. The Hall–Kier alpha value is -1.63. The highest BCUT2D eigenvalue weighted by molar-refractivity contribution is 5.77. The normalized spacial score (nSPS) is 20.7. The molecule has 7 heteroatoms. The zero-order chi connectivity index (χ0) is 13.3. The number of rotatable bonds is 1. The zero-order valence-corrected chi connectivity index (χ0v) is 9.05. The minimum Gasteiger partial charge on any atom is -0.362 e. The van der Waals surface area contributed by atoms with Crippen LogP contribution >= 0.6 is 0 Å². The minimum absolute atomic E-state index is 0.178. The van der Waals surface area contributed by atoms with Gasteiger partial charge in [-0.25, -0.2) is 4.39 Å². The highest BCUT2D eigenvalue weighted by Crippen LogP contribution is 2.37. The van der Waals surface area contributed by atoms with E-state index in [-0.39, 0.29) is 13.2 Å². The summed E-state index contributed by atoms with van der Waals surface area (Å²) in [5, 5.41) is 2.34. The Morgan fingerprint density at radius 2 is 2.06 bits per heavy atom. The number of hydrogen-bond acceptors (Lipinski definition) is 2. The maximum Gasteiger partial charge on any atom is 0.416 e. The van der Waals surface area contributed by atoms with Crippen LogP contribution in [0.4, 0.5) is 17.6 Å². The molecule has 0 saturated carbocycles. The van der Waals surface area contributed by atoms with Crippen molar-refractivity contribution in [2.45, 2.75) is 12.3 Å². The summed E-state index contributed by atoms with van der Waals surface area (Å²) in [7, 11) is 0. The van der Waals surface area contributed by atoms with Crippen LogP contribution in [0.3, 0.4) is 0 Å². The first-order chi connectivity index (χ1) is 8.39. The molecule has 0 bridgehead atoms. The lowest BCUT2D eigenvalue weighted by Crippen LogP contribution is -2.39. The fourth-order valence-electron chi connectivity index (χ4n) is 1.79. The number of carbonyl (C=O) groups is 1. The Morgan fingerprint density at radius 3 is 2.61 bits per heavy atom. The molecular formula is C11H9F4NO2. The number of hydrogen-bond donors (Lipinski definition) is 1. The largest absolute Gasteiger partial charge is 0.416 e. The maximum atomic E-state index is 13.6. The molecule has 1 aromatic rings. The molecule has 98 valence electrons. The van der Waals surface area contributed by atoms with E-state index in [1.807, 2.05) is 0 Å². The Kier molecular flexibility index (Phi) is 3.25. The molecular weight excluding hydrogens is 254 g/mol. The number of amides is 1. The van der Waals surface area contributed by atoms with E-state index in [0.29, 0.717) is 0 Å². The van der Waals surface area contributed by atoms with Crippen molar-refractivity contribution in [3.63, 3.8) is 0 Å². The van der Waals surface area contributed by atoms with Gasteiger partial charge in [0.1, 0.15) is 18.5 Å². The summed E-state index contributed by atoms with van der Waals surface area (Å²) in [6.45, 7) is -0.556. The van der Waals surface area contributed by atoms with Gasteiger partial charge in [-0.15, -0.1) is 0 Å². The Labute approximate surface area is 99.7 Å². The molecule has 1 unspecified atom stereocenters. The Bertz CT molecular complexity index is 463. The van der Waals surface area contributed by atoms with Gasteiger partial charge < -0.3 is 10.1 Å². The van der Waals surface area contributed by atoms with Crippen molar-refractivity contribution in [3.05, 3.63) is 35.1 Å². The summed E-state index contributed by atoms with van der Waals surface area (Å²) in [6.07, 6.45) is -5.79. The van der Waals surface area contributed by atoms with Crippen molar-refractivity contribution in [2.24, 2.45) is 0 Å². The van der Waals surface area contributed by atoms with Gasteiger partial charge in [-0.2, -0.15) is 13.2 Å². The molecule has 2 rings (SSSR count). The number of benzene rings is 1. The number of alkyl halides is 3. The van der Waals surface area contributed by atoms with Gasteiger partial charge in [0, 0.05) is 12.1 Å². The predicted molar refractivity (Wildman–Crippen MR) is 53.1 cm³/mol. The van der Waals surface area contributed by atoms with E-state index >= 15 is 0 Å². The number of halogens is 4. The molecule has 1 aromatic carbocycles. The monoisotopic (exact) mass is 263 g/mol. The molecule has 3 nitrogen and oxygen atoms in total. The highest BCUT2D eigenvalue weighted by Gasteiger charge is 2.38. The third-order valence-electron chi connectivity index (χ3n) is 2.58. The van der Waals surface area contributed by atoms with Gasteiger partial charge >= 0.3 is 6.18 Å². The third-order valence-corrected chi connectivity index (χ3v) is 2.58. The second kappa shape index (κ2) is 4.56. The first-order valence-electron chi connectivity index (χ1n) is 5.13. The van der Waals surface area contributed by atoms with Crippen LogP contribution in [0.5, 0.6) is 0 Å². The van der Waals surface area contributed by atoms with E-state index in [1.54, 1.807) is 0 Å². The van der Waals surface area contributed by atoms with Crippen molar-refractivity contribution >= 4 is 5.91 Å². The van der Waals surface area contributed by atoms with Crippen LogP contribution in [-0.4, -0.2) is 19.1 Å². The van der Waals surface area contributed by atoms with Crippen LogP contribution in [0, 0.1) is 5.82 Å². The summed E-state index contributed by atoms with van der Waals surface area (Å²) in [6, 6.07) is 2.71. The summed E-state index contributed by atoms with van der Waals surface area (Å²) in [4.78, 5) is 10.9. The first kappa shape index (κ1) is 12.8. The number of carbonyl (C=O) groups excluding carboxylic acids is 1. The van der Waals surface area contributed by atoms with Crippen molar-refractivity contribution in [1.82, 2.24) is 5.32 Å². The standard InChI is InChI=1S/C11H9F4NO2/c12-7-3-1-2-6(11(13,14)15)10(7)8-4-16-9(17)5-18-8/h1-3,8H,4-5H2,(H,16,17). The smallest absolute Gasteiger partial charge is 0.362 e. The van der Waals surface area contributed by atoms with Gasteiger partial charge in [0.05, 0.1) is 5.56 Å². The average Bonchev–Trinajstić information content (AvgIpc) is 2.29. The van der Waals surface area contributed by atoms with Gasteiger partial charge in [0.25, 0.3) is 0 Å². The van der Waals surface area contributed by atoms with Crippen molar-refractivity contribution in [3.8, 4) is 0 Å². The fraction of sp³-hybridized carbons (Fsp3) is 0.364. The molecule has 1 saturated heterocycles. The average molecular weight is 263 g/mol. The first-order valence-corrected chi connectivity index (χ1v) is 5.13. The number of nitrogens with one attached hydrogen (secondary N) is 1. The molecule has 1 aliphatic rings. The van der Waals surface area contributed by atoms with Gasteiger partial charge in [0.15, 0.2) is 0 Å². The quantitative estimate of drug-likeness (QED) is 0.787. The molecule has 0 radical (unpaired) electrons. The lowest BCUT2D eigenvalue weighted by atomic mass is 10.00. The molecule has 1 heterocycles. The molecule has 0 aromatic heterocycles. The molecule has 1 atom stereocenters. The number of morpholine rings is 1. The summed E-state index contributed by atoms with van der Waals surface area (Å²) < 4.78 is 56.8. The van der Waals surface area contributed by atoms with Crippen LogP contribution in [0.2, 0.25) is 0 Å². The molecule has 1 N–H and O–H groups in total.